The molecule has 2 bridgehead atoms. The van der Waals surface area contributed by atoms with Crippen LogP contribution in [0.1, 0.15) is 26.7 Å². The normalized spacial score (nSPS) is 29.5. The second-order valence-corrected chi connectivity index (χ2v) is 5.80. The minimum Gasteiger partial charge on any atom is -0.475 e. The van der Waals surface area contributed by atoms with Gasteiger partial charge in [0.05, 0.1) is 6.10 Å². The van der Waals surface area contributed by atoms with Crippen LogP contribution in [-0.4, -0.2) is 46.6 Å². The van der Waals surface area contributed by atoms with Crippen molar-refractivity contribution < 1.29 is 4.74 Å². The van der Waals surface area contributed by atoms with Crippen molar-refractivity contribution in [3.63, 3.8) is 0 Å². The molecule has 1 aromatic heterocycles. The monoisotopic (exact) mass is 262 g/mol. The molecule has 1 aromatic rings. The summed E-state index contributed by atoms with van der Waals surface area (Å²) >= 11 is 0. The molecule has 3 aliphatic rings. The second-order valence-electron chi connectivity index (χ2n) is 5.80. The molecular weight excluding hydrogens is 240 g/mol. The number of anilines is 1. The second kappa shape index (κ2) is 5.33. The summed E-state index contributed by atoms with van der Waals surface area (Å²) in [7, 11) is 0. The zero-order valence-electron chi connectivity index (χ0n) is 11.7. The summed E-state index contributed by atoms with van der Waals surface area (Å²) < 4.78 is 5.60. The Bertz CT molecular complexity index is 429. The van der Waals surface area contributed by atoms with E-state index in [4.69, 9.17) is 4.74 Å². The van der Waals surface area contributed by atoms with E-state index >= 15 is 0 Å². The largest absolute Gasteiger partial charge is 0.475 e. The van der Waals surface area contributed by atoms with E-state index in [1.165, 1.54) is 25.9 Å². The number of aromatic nitrogens is 2. The Morgan fingerprint density at radius 3 is 2.74 bits per heavy atom. The van der Waals surface area contributed by atoms with E-state index in [1.54, 1.807) is 6.33 Å². The minimum atomic E-state index is 0.138. The molecule has 5 nitrogen and oxygen atoms in total. The van der Waals surface area contributed by atoms with Gasteiger partial charge in [-0.25, -0.2) is 9.97 Å². The van der Waals surface area contributed by atoms with E-state index in [0.29, 0.717) is 11.9 Å². The third-order valence-electron chi connectivity index (χ3n) is 3.99. The lowest BCUT2D eigenvalue weighted by Gasteiger charge is -2.45. The molecular formula is C14H22N4O. The zero-order chi connectivity index (χ0) is 13.2. The first kappa shape index (κ1) is 12.7. The number of rotatable bonds is 4. The van der Waals surface area contributed by atoms with Gasteiger partial charge in [0, 0.05) is 18.7 Å². The maximum atomic E-state index is 5.60. The van der Waals surface area contributed by atoms with E-state index in [2.05, 4.69) is 20.2 Å². The lowest BCUT2D eigenvalue weighted by atomic mass is 9.84. The predicted octanol–water partition coefficient (Wildman–Crippen LogP) is 1.77. The lowest BCUT2D eigenvalue weighted by molar-refractivity contribution is 0.0973. The highest BCUT2D eigenvalue weighted by Crippen LogP contribution is 2.29. The Labute approximate surface area is 114 Å². The molecule has 4 heterocycles. The number of nitrogens with one attached hydrogen (secondary N) is 1. The third-order valence-corrected chi connectivity index (χ3v) is 3.99. The average Bonchev–Trinajstić information content (AvgIpc) is 2.39. The quantitative estimate of drug-likeness (QED) is 0.896. The number of ether oxygens (including phenoxy) is 1. The summed E-state index contributed by atoms with van der Waals surface area (Å²) in [6.07, 6.45) is 4.32. The molecule has 3 fully saturated rings. The number of piperidine rings is 3. The molecule has 1 unspecified atom stereocenters. The topological polar surface area (TPSA) is 50.3 Å². The Morgan fingerprint density at radius 1 is 1.32 bits per heavy atom. The summed E-state index contributed by atoms with van der Waals surface area (Å²) in [6.45, 7) is 7.66. The fourth-order valence-electron chi connectivity index (χ4n) is 3.04. The molecule has 0 saturated carbocycles. The molecule has 3 saturated heterocycles. The van der Waals surface area contributed by atoms with Gasteiger partial charge in [0.1, 0.15) is 12.1 Å². The molecule has 3 aliphatic heterocycles. The molecule has 104 valence electrons. The predicted molar refractivity (Wildman–Crippen MR) is 74.4 cm³/mol. The molecule has 0 radical (unpaired) electrons. The van der Waals surface area contributed by atoms with Gasteiger partial charge >= 0.3 is 0 Å². The highest BCUT2D eigenvalue weighted by Gasteiger charge is 2.34. The fraction of sp³-hybridized carbons (Fsp3) is 0.714. The van der Waals surface area contributed by atoms with E-state index < -0.39 is 0 Å². The lowest BCUT2D eigenvalue weighted by Crippen LogP contribution is -2.53. The van der Waals surface area contributed by atoms with Crippen molar-refractivity contribution in [2.24, 2.45) is 5.92 Å². The first-order valence-electron chi connectivity index (χ1n) is 7.18. The van der Waals surface area contributed by atoms with Crippen LogP contribution in [0.15, 0.2) is 12.4 Å². The number of hydrogen-bond acceptors (Lipinski definition) is 5. The summed E-state index contributed by atoms with van der Waals surface area (Å²) in [6, 6.07) is 2.42. The standard InChI is InChI=1S/C14H22N4O/c1-10(2)19-14-7-13(15-9-16-14)17-12-8-18-5-3-11(12)4-6-18/h7,9-12H,3-6,8H2,1-2H3,(H,15,16,17). The van der Waals surface area contributed by atoms with Gasteiger partial charge in [-0.3, -0.25) is 0 Å². The van der Waals surface area contributed by atoms with Crippen LogP contribution >= 0.6 is 0 Å². The summed E-state index contributed by atoms with van der Waals surface area (Å²) in [4.78, 5) is 11.0. The number of nitrogens with zero attached hydrogens (tertiary/aromatic N) is 3. The van der Waals surface area contributed by atoms with E-state index in [-0.39, 0.29) is 6.10 Å². The van der Waals surface area contributed by atoms with E-state index in [0.717, 1.165) is 18.3 Å². The molecule has 0 aromatic carbocycles. The van der Waals surface area contributed by atoms with Crippen LogP contribution in [0.2, 0.25) is 0 Å². The molecule has 1 N–H and O–H groups in total. The smallest absolute Gasteiger partial charge is 0.218 e. The molecule has 0 spiro atoms. The van der Waals surface area contributed by atoms with Crippen molar-refractivity contribution >= 4 is 5.82 Å². The van der Waals surface area contributed by atoms with Crippen molar-refractivity contribution in [3.05, 3.63) is 12.4 Å². The molecule has 19 heavy (non-hydrogen) atoms. The highest BCUT2D eigenvalue weighted by molar-refractivity contribution is 5.38. The Balaban J connectivity index is 1.66. The van der Waals surface area contributed by atoms with Crippen LogP contribution in [0.4, 0.5) is 5.82 Å². The Kier molecular flexibility index (Phi) is 3.55. The van der Waals surface area contributed by atoms with Crippen molar-refractivity contribution in [2.75, 3.05) is 25.0 Å². The van der Waals surface area contributed by atoms with Gasteiger partial charge in [0.25, 0.3) is 0 Å². The van der Waals surface area contributed by atoms with Gasteiger partial charge in [0.15, 0.2) is 0 Å². The minimum absolute atomic E-state index is 0.138. The first-order chi connectivity index (χ1) is 9.20. The maximum absolute atomic E-state index is 5.60. The van der Waals surface area contributed by atoms with Crippen molar-refractivity contribution in [2.45, 2.75) is 38.8 Å². The molecule has 1 atom stereocenters. The van der Waals surface area contributed by atoms with Crippen molar-refractivity contribution in [1.82, 2.24) is 14.9 Å². The van der Waals surface area contributed by atoms with Crippen LogP contribution in [0.3, 0.4) is 0 Å². The Morgan fingerprint density at radius 2 is 2.11 bits per heavy atom. The summed E-state index contributed by atoms with van der Waals surface area (Å²) in [5, 5.41) is 3.55. The van der Waals surface area contributed by atoms with Crippen LogP contribution in [0.5, 0.6) is 5.88 Å². The maximum Gasteiger partial charge on any atom is 0.218 e. The van der Waals surface area contributed by atoms with Crippen LogP contribution in [0, 0.1) is 5.92 Å². The van der Waals surface area contributed by atoms with Gasteiger partial charge in [-0.2, -0.15) is 0 Å². The van der Waals surface area contributed by atoms with Crippen molar-refractivity contribution in [1.29, 1.82) is 0 Å². The molecule has 0 aliphatic carbocycles. The van der Waals surface area contributed by atoms with Crippen LogP contribution in [-0.2, 0) is 0 Å². The first-order valence-corrected chi connectivity index (χ1v) is 7.18. The Hall–Kier alpha value is -1.36. The number of hydrogen-bond donors (Lipinski definition) is 1. The number of fused-ring (bicyclic) bond motifs is 3. The van der Waals surface area contributed by atoms with Crippen LogP contribution in [0.25, 0.3) is 0 Å². The third kappa shape index (κ3) is 2.97. The summed E-state index contributed by atoms with van der Waals surface area (Å²) in [5.41, 5.74) is 0. The van der Waals surface area contributed by atoms with Gasteiger partial charge in [0.2, 0.25) is 5.88 Å². The highest BCUT2D eigenvalue weighted by atomic mass is 16.5. The van der Waals surface area contributed by atoms with E-state index in [1.807, 2.05) is 19.9 Å². The molecule has 0 amide bonds. The fourth-order valence-corrected chi connectivity index (χ4v) is 3.04. The van der Waals surface area contributed by atoms with Gasteiger partial charge in [-0.05, 0) is 45.7 Å². The van der Waals surface area contributed by atoms with Gasteiger partial charge in [-0.1, -0.05) is 0 Å². The molecule has 5 heteroatoms. The van der Waals surface area contributed by atoms with Gasteiger partial charge < -0.3 is 15.0 Å². The van der Waals surface area contributed by atoms with Gasteiger partial charge in [-0.15, -0.1) is 0 Å². The van der Waals surface area contributed by atoms with Crippen molar-refractivity contribution in [3.8, 4) is 5.88 Å². The van der Waals surface area contributed by atoms with E-state index in [9.17, 15) is 0 Å². The zero-order valence-corrected chi connectivity index (χ0v) is 11.7. The molecule has 4 rings (SSSR count). The SMILES string of the molecule is CC(C)Oc1cc(NC2CN3CCC2CC3)ncn1. The van der Waals surface area contributed by atoms with Crippen LogP contribution < -0.4 is 10.1 Å². The average molecular weight is 262 g/mol. The summed E-state index contributed by atoms with van der Waals surface area (Å²) in [5.74, 6) is 2.31.